The van der Waals surface area contributed by atoms with Gasteiger partial charge in [0, 0.05) is 25.9 Å². The van der Waals surface area contributed by atoms with Crippen LogP contribution in [0.2, 0.25) is 5.02 Å². The SMILES string of the molecule is O=C(CNc1c(F)cccc1Cl)N1CCC2(CC1)OCCO2. The second kappa shape index (κ2) is 6.40. The van der Waals surface area contributed by atoms with Crippen molar-refractivity contribution in [3.8, 4) is 0 Å². The van der Waals surface area contributed by atoms with Crippen LogP contribution in [-0.4, -0.2) is 49.4 Å². The highest BCUT2D eigenvalue weighted by Crippen LogP contribution is 2.31. The van der Waals surface area contributed by atoms with Crippen molar-refractivity contribution in [2.75, 3.05) is 38.2 Å². The number of carbonyl (C=O) groups is 1. The van der Waals surface area contributed by atoms with Crippen molar-refractivity contribution < 1.29 is 18.7 Å². The summed E-state index contributed by atoms with van der Waals surface area (Å²) in [6, 6.07) is 4.41. The lowest BCUT2D eigenvalue weighted by Gasteiger charge is -2.37. The van der Waals surface area contributed by atoms with Crippen molar-refractivity contribution >= 4 is 23.2 Å². The summed E-state index contributed by atoms with van der Waals surface area (Å²) >= 11 is 5.92. The van der Waals surface area contributed by atoms with Crippen molar-refractivity contribution in [2.24, 2.45) is 0 Å². The third kappa shape index (κ3) is 3.19. The predicted molar refractivity (Wildman–Crippen MR) is 80.3 cm³/mol. The van der Waals surface area contributed by atoms with Crippen molar-refractivity contribution in [2.45, 2.75) is 18.6 Å². The molecular weight excluding hydrogens is 311 g/mol. The van der Waals surface area contributed by atoms with Gasteiger partial charge < -0.3 is 19.7 Å². The fourth-order valence-corrected chi connectivity index (χ4v) is 3.05. The van der Waals surface area contributed by atoms with Crippen LogP contribution in [-0.2, 0) is 14.3 Å². The molecule has 2 saturated heterocycles. The Kier molecular flexibility index (Phi) is 4.52. The standard InChI is InChI=1S/C15H18ClFN2O3/c16-11-2-1-3-12(17)14(11)18-10-13(20)19-6-4-15(5-7-19)21-8-9-22-15/h1-3,18H,4-10H2. The van der Waals surface area contributed by atoms with Gasteiger partial charge in [-0.25, -0.2) is 4.39 Å². The van der Waals surface area contributed by atoms with E-state index in [0.29, 0.717) is 39.1 Å². The molecular formula is C15H18ClFN2O3. The molecule has 0 aromatic heterocycles. The minimum Gasteiger partial charge on any atom is -0.373 e. The van der Waals surface area contributed by atoms with Crippen LogP contribution in [0.3, 0.4) is 0 Å². The predicted octanol–water partition coefficient (Wildman–Crippen LogP) is 2.26. The van der Waals surface area contributed by atoms with E-state index in [1.807, 2.05) is 0 Å². The van der Waals surface area contributed by atoms with Crippen LogP contribution < -0.4 is 5.32 Å². The molecule has 0 aliphatic carbocycles. The van der Waals surface area contributed by atoms with Gasteiger partial charge in [0.1, 0.15) is 5.82 Å². The van der Waals surface area contributed by atoms with Crippen molar-refractivity contribution in [3.05, 3.63) is 29.0 Å². The number of hydrogen-bond acceptors (Lipinski definition) is 4. The topological polar surface area (TPSA) is 50.8 Å². The van der Waals surface area contributed by atoms with Gasteiger partial charge in [-0.2, -0.15) is 0 Å². The van der Waals surface area contributed by atoms with Crippen molar-refractivity contribution in [1.82, 2.24) is 4.90 Å². The number of rotatable bonds is 3. The molecule has 2 aliphatic heterocycles. The van der Waals surface area contributed by atoms with Crippen LogP contribution in [0.25, 0.3) is 0 Å². The van der Waals surface area contributed by atoms with Crippen molar-refractivity contribution in [1.29, 1.82) is 0 Å². The molecule has 3 rings (SSSR count). The quantitative estimate of drug-likeness (QED) is 0.924. The third-order valence-corrected chi connectivity index (χ3v) is 4.39. The van der Waals surface area contributed by atoms with E-state index >= 15 is 0 Å². The number of carbonyl (C=O) groups excluding carboxylic acids is 1. The molecule has 1 aromatic carbocycles. The molecule has 1 N–H and O–H groups in total. The average molecular weight is 329 g/mol. The van der Waals surface area contributed by atoms with Gasteiger partial charge in [-0.1, -0.05) is 17.7 Å². The molecule has 5 nitrogen and oxygen atoms in total. The minimum atomic E-state index is -0.501. The summed E-state index contributed by atoms with van der Waals surface area (Å²) in [7, 11) is 0. The molecule has 1 aromatic rings. The summed E-state index contributed by atoms with van der Waals surface area (Å²) in [6.45, 7) is 2.38. The van der Waals surface area contributed by atoms with E-state index in [1.54, 1.807) is 11.0 Å². The van der Waals surface area contributed by atoms with Crippen LogP contribution in [0.1, 0.15) is 12.8 Å². The molecule has 2 heterocycles. The fraction of sp³-hybridized carbons (Fsp3) is 0.533. The van der Waals surface area contributed by atoms with Gasteiger partial charge in [-0.15, -0.1) is 0 Å². The summed E-state index contributed by atoms with van der Waals surface area (Å²) in [5, 5.41) is 3.04. The number of hydrogen-bond donors (Lipinski definition) is 1. The molecule has 0 bridgehead atoms. The number of halogens is 2. The number of likely N-dealkylation sites (tertiary alicyclic amines) is 1. The number of nitrogens with one attached hydrogen (secondary N) is 1. The molecule has 0 radical (unpaired) electrons. The minimum absolute atomic E-state index is 0.00929. The summed E-state index contributed by atoms with van der Waals surface area (Å²) in [5.74, 6) is -1.06. The zero-order chi connectivity index (χ0) is 15.6. The zero-order valence-electron chi connectivity index (χ0n) is 12.1. The Bertz CT molecular complexity index is 533. The van der Waals surface area contributed by atoms with Gasteiger partial charge in [-0.3, -0.25) is 4.79 Å². The third-order valence-electron chi connectivity index (χ3n) is 4.07. The van der Waals surface area contributed by atoms with E-state index in [4.69, 9.17) is 21.1 Å². The number of para-hydroxylation sites is 1. The monoisotopic (exact) mass is 328 g/mol. The number of ether oxygens (including phenoxy) is 2. The van der Waals surface area contributed by atoms with E-state index in [-0.39, 0.29) is 23.2 Å². The summed E-state index contributed by atoms with van der Waals surface area (Å²) < 4.78 is 24.9. The Balaban J connectivity index is 1.53. The van der Waals surface area contributed by atoms with Gasteiger partial charge in [0.25, 0.3) is 0 Å². The van der Waals surface area contributed by atoms with E-state index in [2.05, 4.69) is 5.32 Å². The molecule has 22 heavy (non-hydrogen) atoms. The fourth-order valence-electron chi connectivity index (χ4n) is 2.82. The summed E-state index contributed by atoms with van der Waals surface area (Å²) in [4.78, 5) is 13.9. The highest BCUT2D eigenvalue weighted by Gasteiger charge is 2.40. The van der Waals surface area contributed by atoms with Crippen LogP contribution in [0.4, 0.5) is 10.1 Å². The van der Waals surface area contributed by atoms with Crippen molar-refractivity contribution in [3.63, 3.8) is 0 Å². The molecule has 120 valence electrons. The molecule has 0 unspecified atom stereocenters. The van der Waals surface area contributed by atoms with Gasteiger partial charge in [0.2, 0.25) is 5.91 Å². The van der Waals surface area contributed by atoms with E-state index in [0.717, 1.165) is 0 Å². The molecule has 2 fully saturated rings. The molecule has 2 aliphatic rings. The number of piperidine rings is 1. The number of benzene rings is 1. The number of amides is 1. The highest BCUT2D eigenvalue weighted by molar-refractivity contribution is 6.33. The van der Waals surface area contributed by atoms with Crippen LogP contribution in [0.15, 0.2) is 18.2 Å². The zero-order valence-corrected chi connectivity index (χ0v) is 12.9. The van der Waals surface area contributed by atoms with Crippen LogP contribution in [0.5, 0.6) is 0 Å². The second-order valence-electron chi connectivity index (χ2n) is 5.44. The largest absolute Gasteiger partial charge is 0.373 e. The van der Waals surface area contributed by atoms with Gasteiger partial charge in [0.05, 0.1) is 30.5 Å². The van der Waals surface area contributed by atoms with E-state index < -0.39 is 11.6 Å². The first kappa shape index (κ1) is 15.5. The average Bonchev–Trinajstić information content (AvgIpc) is 2.95. The number of nitrogens with zero attached hydrogens (tertiary/aromatic N) is 1. The first-order valence-electron chi connectivity index (χ1n) is 7.33. The lowest BCUT2D eigenvalue weighted by atomic mass is 10.0. The van der Waals surface area contributed by atoms with E-state index in [1.165, 1.54) is 12.1 Å². The van der Waals surface area contributed by atoms with Crippen LogP contribution in [0, 0.1) is 5.82 Å². The van der Waals surface area contributed by atoms with E-state index in [9.17, 15) is 9.18 Å². The van der Waals surface area contributed by atoms with Gasteiger partial charge in [0.15, 0.2) is 5.79 Å². The lowest BCUT2D eigenvalue weighted by molar-refractivity contribution is -0.187. The van der Waals surface area contributed by atoms with Gasteiger partial charge >= 0.3 is 0 Å². The van der Waals surface area contributed by atoms with Gasteiger partial charge in [-0.05, 0) is 12.1 Å². The second-order valence-corrected chi connectivity index (χ2v) is 5.85. The molecule has 1 spiro atoms. The highest BCUT2D eigenvalue weighted by atomic mass is 35.5. The maximum Gasteiger partial charge on any atom is 0.241 e. The smallest absolute Gasteiger partial charge is 0.241 e. The Morgan fingerprint density at radius 1 is 1.32 bits per heavy atom. The Hall–Kier alpha value is -1.37. The lowest BCUT2D eigenvalue weighted by Crippen LogP contribution is -2.48. The summed E-state index contributed by atoms with van der Waals surface area (Å²) in [6.07, 6.45) is 1.33. The normalized spacial score (nSPS) is 20.4. The Morgan fingerprint density at radius 2 is 2.00 bits per heavy atom. The first-order valence-corrected chi connectivity index (χ1v) is 7.71. The summed E-state index contributed by atoms with van der Waals surface area (Å²) in [5.41, 5.74) is 0.161. The Morgan fingerprint density at radius 3 is 2.64 bits per heavy atom. The maximum absolute atomic E-state index is 13.6. The molecule has 1 amide bonds. The Labute approximate surface area is 133 Å². The molecule has 0 saturated carbocycles. The maximum atomic E-state index is 13.6. The molecule has 0 atom stereocenters. The van der Waals surface area contributed by atoms with Crippen LogP contribution >= 0.6 is 11.6 Å². The number of anilines is 1. The molecule has 7 heteroatoms. The first-order chi connectivity index (χ1) is 10.6.